The molecule has 0 N–H and O–H groups in total. The normalized spacial score (nSPS) is 11.9. The molecule has 6 heteroatoms. The Bertz CT molecular complexity index is 3750. The average molecular weight is 715 g/mol. The van der Waals surface area contributed by atoms with E-state index in [1.54, 1.807) is 0 Å². The summed E-state index contributed by atoms with van der Waals surface area (Å²) in [6.07, 6.45) is 0. The molecule has 0 unspecified atom stereocenters. The Morgan fingerprint density at radius 1 is 0.446 bits per heavy atom. The molecule has 0 aliphatic carbocycles. The van der Waals surface area contributed by atoms with Crippen molar-refractivity contribution < 1.29 is 8.83 Å². The van der Waals surface area contributed by atoms with E-state index in [2.05, 4.69) is 98.9 Å². The topological polar surface area (TPSA) is 64.3 Å². The molecule has 0 saturated heterocycles. The van der Waals surface area contributed by atoms with E-state index in [0.29, 0.717) is 11.3 Å². The van der Waals surface area contributed by atoms with Crippen molar-refractivity contribution in [1.29, 1.82) is 5.26 Å². The van der Waals surface area contributed by atoms with Gasteiger partial charge in [0.05, 0.1) is 46.0 Å². The van der Waals surface area contributed by atoms with Crippen LogP contribution in [-0.4, -0.2) is 9.13 Å². The van der Waals surface area contributed by atoms with Crippen LogP contribution in [-0.2, 0) is 0 Å². The number of furan rings is 2. The first-order valence-electron chi connectivity index (χ1n) is 18.4. The van der Waals surface area contributed by atoms with Gasteiger partial charge in [0.15, 0.2) is 0 Å². The Labute approximate surface area is 318 Å². The number of para-hydroxylation sites is 4. The van der Waals surface area contributed by atoms with Gasteiger partial charge in [0, 0.05) is 48.8 Å². The van der Waals surface area contributed by atoms with E-state index in [9.17, 15) is 5.26 Å². The van der Waals surface area contributed by atoms with Crippen molar-refractivity contribution in [3.8, 4) is 28.6 Å². The Morgan fingerprint density at radius 3 is 1.61 bits per heavy atom. The number of rotatable bonds is 3. The van der Waals surface area contributed by atoms with Gasteiger partial charge in [-0.05, 0) is 83.9 Å². The minimum atomic E-state index is 0.531. The van der Waals surface area contributed by atoms with Gasteiger partial charge in [0.25, 0.3) is 0 Å². The monoisotopic (exact) mass is 714 g/mol. The van der Waals surface area contributed by atoms with Crippen molar-refractivity contribution in [2.45, 2.75) is 0 Å². The highest BCUT2D eigenvalue weighted by Crippen LogP contribution is 2.43. The molecule has 0 fully saturated rings. The number of aromatic nitrogens is 2. The highest BCUT2D eigenvalue weighted by molar-refractivity contribution is 6.18. The summed E-state index contributed by atoms with van der Waals surface area (Å²) >= 11 is 0. The van der Waals surface area contributed by atoms with Crippen LogP contribution >= 0.6 is 0 Å². The lowest BCUT2D eigenvalue weighted by Crippen LogP contribution is -1.97. The van der Waals surface area contributed by atoms with Gasteiger partial charge < -0.3 is 18.0 Å². The third-order valence-corrected chi connectivity index (χ3v) is 11.3. The highest BCUT2D eigenvalue weighted by atomic mass is 16.3. The van der Waals surface area contributed by atoms with Gasteiger partial charge in [-0.15, -0.1) is 0 Å². The average Bonchev–Trinajstić information content (AvgIpc) is 3.99. The lowest BCUT2D eigenvalue weighted by molar-refractivity contribution is 0.669. The smallest absolute Gasteiger partial charge is 0.210 e. The van der Waals surface area contributed by atoms with E-state index in [1.165, 1.54) is 0 Å². The number of benzene rings is 8. The van der Waals surface area contributed by atoms with E-state index in [4.69, 9.17) is 15.4 Å². The fourth-order valence-electron chi connectivity index (χ4n) is 8.86. The number of nitriles is 1. The van der Waals surface area contributed by atoms with Crippen molar-refractivity contribution in [2.24, 2.45) is 0 Å². The zero-order valence-electron chi connectivity index (χ0n) is 29.6. The number of hydrogen-bond donors (Lipinski definition) is 0. The van der Waals surface area contributed by atoms with Crippen molar-refractivity contribution in [1.82, 2.24) is 9.13 Å². The minimum absolute atomic E-state index is 0.531. The summed E-state index contributed by atoms with van der Waals surface area (Å²) < 4.78 is 17.1. The molecule has 0 aliphatic heterocycles. The molecule has 0 atom stereocenters. The standard InChI is InChI=1S/C50H26N4O2/c1-52-41-19-18-30(23-46(41)54-43-15-7-3-11-34(43)38-27-50-40(25-45(38)54)36-13-5-9-17-48(36)56-50)31-20-29(28-51)21-32(22-31)53-42-14-6-2-10-33(42)37-26-49-39(24-44(37)53)35-12-4-8-16-47(35)55-49/h2-27H. The summed E-state index contributed by atoms with van der Waals surface area (Å²) in [6.45, 7) is 8.28. The summed E-state index contributed by atoms with van der Waals surface area (Å²) in [4.78, 5) is 4.03. The van der Waals surface area contributed by atoms with E-state index in [0.717, 1.165) is 110 Å². The van der Waals surface area contributed by atoms with Crippen molar-refractivity contribution in [3.63, 3.8) is 0 Å². The fraction of sp³-hybridized carbons (Fsp3) is 0. The largest absolute Gasteiger partial charge is 0.456 e. The Kier molecular flexibility index (Phi) is 6.10. The van der Waals surface area contributed by atoms with Crippen molar-refractivity contribution in [3.05, 3.63) is 175 Å². The molecule has 0 amide bonds. The van der Waals surface area contributed by atoms with E-state index < -0.39 is 0 Å². The highest BCUT2D eigenvalue weighted by Gasteiger charge is 2.21. The molecule has 0 bridgehead atoms. The number of hydrogen-bond acceptors (Lipinski definition) is 3. The van der Waals surface area contributed by atoms with Gasteiger partial charge in [-0.1, -0.05) is 84.9 Å². The van der Waals surface area contributed by atoms with Gasteiger partial charge in [-0.3, -0.25) is 0 Å². The third-order valence-electron chi connectivity index (χ3n) is 11.3. The van der Waals surface area contributed by atoms with Crippen LogP contribution in [0.1, 0.15) is 5.56 Å². The summed E-state index contributed by atoms with van der Waals surface area (Å²) in [6, 6.07) is 56.0. The van der Waals surface area contributed by atoms with Crippen LogP contribution in [0.25, 0.3) is 115 Å². The SMILES string of the molecule is [C-]#[N+]c1ccc(-c2cc(C#N)cc(-n3c4ccccc4c4cc5oc6ccccc6c5cc43)c2)cc1-n1c2ccccc2c2cc3oc4ccccc4c3cc21. The molecule has 56 heavy (non-hydrogen) atoms. The van der Waals surface area contributed by atoms with Gasteiger partial charge in [-0.2, -0.15) is 5.26 Å². The molecule has 258 valence electrons. The first-order valence-corrected chi connectivity index (χ1v) is 18.4. The molecule has 4 heterocycles. The van der Waals surface area contributed by atoms with Gasteiger partial charge in [0.1, 0.15) is 22.3 Å². The van der Waals surface area contributed by atoms with Crippen LogP contribution < -0.4 is 0 Å². The molecule has 0 radical (unpaired) electrons. The molecule has 12 aromatic rings. The molecule has 0 spiro atoms. The van der Waals surface area contributed by atoms with Gasteiger partial charge in [0.2, 0.25) is 5.69 Å². The van der Waals surface area contributed by atoms with Crippen LogP contribution in [0.5, 0.6) is 0 Å². The zero-order valence-corrected chi connectivity index (χ0v) is 29.6. The van der Waals surface area contributed by atoms with Gasteiger partial charge in [-0.25, -0.2) is 4.85 Å². The van der Waals surface area contributed by atoms with Gasteiger partial charge >= 0.3 is 0 Å². The van der Waals surface area contributed by atoms with E-state index in [-0.39, 0.29) is 0 Å². The second-order valence-corrected chi connectivity index (χ2v) is 14.3. The molecule has 8 aromatic carbocycles. The lowest BCUT2D eigenvalue weighted by atomic mass is 10.0. The van der Waals surface area contributed by atoms with E-state index in [1.807, 2.05) is 78.9 Å². The Hall–Kier alpha value is -8.06. The Morgan fingerprint density at radius 2 is 1.00 bits per heavy atom. The lowest BCUT2D eigenvalue weighted by Gasteiger charge is -2.15. The maximum atomic E-state index is 10.4. The summed E-state index contributed by atoms with van der Waals surface area (Å²) in [5.41, 5.74) is 11.9. The van der Waals surface area contributed by atoms with E-state index >= 15 is 0 Å². The van der Waals surface area contributed by atoms with Crippen molar-refractivity contribution in [2.75, 3.05) is 0 Å². The summed E-state index contributed by atoms with van der Waals surface area (Å²) in [5, 5.41) is 18.9. The summed E-state index contributed by atoms with van der Waals surface area (Å²) in [5.74, 6) is 0. The van der Waals surface area contributed by atoms with Crippen LogP contribution in [0.15, 0.2) is 167 Å². The predicted octanol–water partition coefficient (Wildman–Crippen LogP) is 13.8. The number of nitrogens with zero attached hydrogens (tertiary/aromatic N) is 4. The molecule has 12 rings (SSSR count). The second kappa shape index (κ2) is 11.2. The molecular formula is C50H26N4O2. The zero-order chi connectivity index (χ0) is 37.1. The Balaban J connectivity index is 1.11. The van der Waals surface area contributed by atoms with Crippen LogP contribution in [0, 0.1) is 17.9 Å². The van der Waals surface area contributed by atoms with Crippen LogP contribution in [0.2, 0.25) is 0 Å². The minimum Gasteiger partial charge on any atom is -0.456 e. The summed E-state index contributed by atoms with van der Waals surface area (Å²) in [7, 11) is 0. The number of fused-ring (bicyclic) bond motifs is 12. The molecule has 0 saturated carbocycles. The maximum Gasteiger partial charge on any atom is 0.210 e. The molecule has 0 aliphatic rings. The fourth-order valence-corrected chi connectivity index (χ4v) is 8.86. The van der Waals surface area contributed by atoms with Crippen molar-refractivity contribution >= 4 is 93.2 Å². The first kappa shape index (κ1) is 30.4. The maximum absolute atomic E-state index is 10.4. The predicted molar refractivity (Wildman–Crippen MR) is 226 cm³/mol. The quantitative estimate of drug-likeness (QED) is 0.171. The first-order chi connectivity index (χ1) is 27.6. The third kappa shape index (κ3) is 4.18. The molecule has 6 nitrogen and oxygen atoms in total. The molecular weight excluding hydrogens is 689 g/mol. The van der Waals surface area contributed by atoms with Crippen LogP contribution in [0.3, 0.4) is 0 Å². The second-order valence-electron chi connectivity index (χ2n) is 14.3. The molecule has 4 aromatic heterocycles. The van der Waals surface area contributed by atoms with Crippen LogP contribution in [0.4, 0.5) is 5.69 Å².